The van der Waals surface area contributed by atoms with Crippen molar-refractivity contribution in [2.24, 2.45) is 5.73 Å². The predicted molar refractivity (Wildman–Crippen MR) is 89.1 cm³/mol. The van der Waals surface area contributed by atoms with Crippen molar-refractivity contribution in [3.63, 3.8) is 0 Å². The number of rotatable bonds is 6. The summed E-state index contributed by atoms with van der Waals surface area (Å²) in [6.45, 7) is 3.98. The number of ether oxygens (including phenoxy) is 2. The average molecular weight is 295 g/mol. The molecule has 0 aromatic heterocycles. The van der Waals surface area contributed by atoms with E-state index in [1.807, 2.05) is 56.3 Å². The number of hydrogen-bond donors (Lipinski definition) is 1. The lowest BCUT2D eigenvalue weighted by atomic mass is 10.1. The average Bonchev–Trinajstić information content (AvgIpc) is 2.50. The summed E-state index contributed by atoms with van der Waals surface area (Å²) in [7, 11) is 0. The highest BCUT2D eigenvalue weighted by Gasteiger charge is 2.06. The summed E-state index contributed by atoms with van der Waals surface area (Å²) in [6.07, 6.45) is 6.40. The van der Waals surface area contributed by atoms with Crippen molar-refractivity contribution in [1.29, 1.82) is 0 Å². The van der Waals surface area contributed by atoms with E-state index in [4.69, 9.17) is 21.6 Å². The summed E-state index contributed by atoms with van der Waals surface area (Å²) in [5.74, 6) is 4.86. The van der Waals surface area contributed by atoms with Crippen LogP contribution in [-0.4, -0.2) is 6.23 Å². The Balaban J connectivity index is 2.14. The Kier molecular flexibility index (Phi) is 5.46. The molecule has 2 aromatic rings. The first-order chi connectivity index (χ1) is 10.6. The quantitative estimate of drug-likeness (QED) is 0.646. The molecular formula is C19H21NO2. The third-order valence-corrected chi connectivity index (χ3v) is 3.27. The molecule has 2 N–H and O–H groups in total. The Labute approximate surface area is 132 Å². The minimum Gasteiger partial charge on any atom is -0.475 e. The number of nitrogens with two attached hydrogens (primary N) is 1. The second-order valence-electron chi connectivity index (χ2n) is 5.12. The molecule has 0 radical (unpaired) electrons. The van der Waals surface area contributed by atoms with Crippen LogP contribution in [0.4, 0.5) is 0 Å². The van der Waals surface area contributed by atoms with Crippen LogP contribution in [0.25, 0.3) is 0 Å². The van der Waals surface area contributed by atoms with Gasteiger partial charge in [-0.25, -0.2) is 0 Å². The number of hydrogen-bond acceptors (Lipinski definition) is 3. The zero-order chi connectivity index (χ0) is 15.9. The van der Waals surface area contributed by atoms with Gasteiger partial charge in [0.15, 0.2) is 0 Å². The topological polar surface area (TPSA) is 44.5 Å². The highest BCUT2D eigenvalue weighted by Crippen LogP contribution is 2.28. The highest BCUT2D eigenvalue weighted by molar-refractivity contribution is 5.42. The fourth-order valence-electron chi connectivity index (χ4n) is 2.05. The van der Waals surface area contributed by atoms with Crippen molar-refractivity contribution in [1.82, 2.24) is 0 Å². The molecule has 3 heteroatoms. The zero-order valence-electron chi connectivity index (χ0n) is 13.0. The molecule has 0 bridgehead atoms. The molecule has 2 aromatic carbocycles. The van der Waals surface area contributed by atoms with E-state index in [-0.39, 0.29) is 6.23 Å². The minimum atomic E-state index is -0.306. The van der Waals surface area contributed by atoms with Crippen LogP contribution in [0.5, 0.6) is 17.2 Å². The summed E-state index contributed by atoms with van der Waals surface area (Å²) in [5.41, 5.74) is 7.95. The van der Waals surface area contributed by atoms with Crippen molar-refractivity contribution in [3.05, 3.63) is 53.6 Å². The van der Waals surface area contributed by atoms with Gasteiger partial charge in [0.2, 0.25) is 0 Å². The monoisotopic (exact) mass is 295 g/mol. The van der Waals surface area contributed by atoms with Crippen molar-refractivity contribution < 1.29 is 9.47 Å². The molecule has 0 amide bonds. The molecule has 1 unspecified atom stereocenters. The molecule has 0 aliphatic heterocycles. The first kappa shape index (κ1) is 15.9. The van der Waals surface area contributed by atoms with E-state index in [1.165, 1.54) is 0 Å². The van der Waals surface area contributed by atoms with Gasteiger partial charge >= 0.3 is 0 Å². The van der Waals surface area contributed by atoms with Gasteiger partial charge in [0.05, 0.1) is 0 Å². The zero-order valence-corrected chi connectivity index (χ0v) is 13.0. The van der Waals surface area contributed by atoms with Crippen LogP contribution in [0.1, 0.15) is 24.5 Å². The van der Waals surface area contributed by atoms with Gasteiger partial charge < -0.3 is 9.47 Å². The normalized spacial score (nSPS) is 11.5. The maximum Gasteiger partial charge on any atom is 0.147 e. The van der Waals surface area contributed by atoms with Crippen LogP contribution in [0.3, 0.4) is 0 Å². The number of aryl methyl sites for hydroxylation is 1. The molecule has 0 aliphatic carbocycles. The lowest BCUT2D eigenvalue weighted by molar-refractivity contribution is 0.204. The van der Waals surface area contributed by atoms with E-state index < -0.39 is 0 Å². The first-order valence-corrected chi connectivity index (χ1v) is 7.35. The van der Waals surface area contributed by atoms with Crippen molar-refractivity contribution >= 4 is 0 Å². The third-order valence-electron chi connectivity index (χ3n) is 3.27. The van der Waals surface area contributed by atoms with E-state index in [1.54, 1.807) is 0 Å². The van der Waals surface area contributed by atoms with Gasteiger partial charge in [0.25, 0.3) is 0 Å². The summed E-state index contributed by atoms with van der Waals surface area (Å²) >= 11 is 0. The lowest BCUT2D eigenvalue weighted by Gasteiger charge is -2.14. The van der Waals surface area contributed by atoms with Crippen molar-refractivity contribution in [2.45, 2.75) is 32.9 Å². The molecule has 114 valence electrons. The number of terminal acetylenes is 1. The van der Waals surface area contributed by atoms with E-state index in [2.05, 4.69) is 5.92 Å². The Morgan fingerprint density at radius 3 is 2.64 bits per heavy atom. The Morgan fingerprint density at radius 2 is 1.95 bits per heavy atom. The maximum absolute atomic E-state index is 5.93. The van der Waals surface area contributed by atoms with Crippen LogP contribution in [0.15, 0.2) is 42.5 Å². The van der Waals surface area contributed by atoms with Gasteiger partial charge in [0, 0.05) is 12.5 Å². The molecule has 0 aliphatic rings. The smallest absolute Gasteiger partial charge is 0.147 e. The van der Waals surface area contributed by atoms with E-state index >= 15 is 0 Å². The second-order valence-corrected chi connectivity index (χ2v) is 5.12. The Morgan fingerprint density at radius 1 is 1.18 bits per heavy atom. The lowest BCUT2D eigenvalue weighted by Crippen LogP contribution is -2.25. The van der Waals surface area contributed by atoms with E-state index in [9.17, 15) is 0 Å². The molecule has 22 heavy (non-hydrogen) atoms. The Hall–Kier alpha value is -2.44. The summed E-state index contributed by atoms with van der Waals surface area (Å²) in [4.78, 5) is 0. The molecule has 0 spiro atoms. The SMILES string of the molecule is C#CCc1ccc(Oc2cccc(OC(N)CC)c2)c(C)c1. The standard InChI is InChI=1S/C19H21NO2/c1-4-7-15-10-11-18(14(3)12-15)21-16-8-6-9-17(13-16)22-19(20)5-2/h1,6,8-13,19H,5,7,20H2,2-3H3. The van der Waals surface area contributed by atoms with Gasteiger partial charge in [-0.05, 0) is 42.7 Å². The van der Waals surface area contributed by atoms with Gasteiger partial charge in [-0.3, -0.25) is 5.73 Å². The molecule has 3 nitrogen and oxygen atoms in total. The van der Waals surface area contributed by atoms with Crippen LogP contribution in [0, 0.1) is 19.3 Å². The molecule has 0 heterocycles. The Bertz CT molecular complexity index is 673. The second kappa shape index (κ2) is 7.53. The van der Waals surface area contributed by atoms with Gasteiger partial charge in [-0.2, -0.15) is 0 Å². The fourth-order valence-corrected chi connectivity index (χ4v) is 2.05. The van der Waals surface area contributed by atoms with Crippen LogP contribution < -0.4 is 15.2 Å². The summed E-state index contributed by atoms with van der Waals surface area (Å²) < 4.78 is 11.5. The predicted octanol–water partition coefficient (Wildman–Crippen LogP) is 4.04. The van der Waals surface area contributed by atoms with Crippen molar-refractivity contribution in [2.75, 3.05) is 0 Å². The molecule has 2 rings (SSSR count). The third kappa shape index (κ3) is 4.28. The molecule has 0 saturated heterocycles. The molecule has 0 saturated carbocycles. The van der Waals surface area contributed by atoms with E-state index in [0.29, 0.717) is 17.9 Å². The van der Waals surface area contributed by atoms with Crippen molar-refractivity contribution in [3.8, 4) is 29.6 Å². The molecule has 0 fully saturated rings. The van der Waals surface area contributed by atoms with Crippen LogP contribution >= 0.6 is 0 Å². The maximum atomic E-state index is 5.93. The molecular weight excluding hydrogens is 274 g/mol. The largest absolute Gasteiger partial charge is 0.475 e. The summed E-state index contributed by atoms with van der Waals surface area (Å²) in [5, 5.41) is 0. The summed E-state index contributed by atoms with van der Waals surface area (Å²) in [6, 6.07) is 13.4. The minimum absolute atomic E-state index is 0.306. The van der Waals surface area contributed by atoms with E-state index in [0.717, 1.165) is 23.3 Å². The fraction of sp³-hybridized carbons (Fsp3) is 0.263. The van der Waals surface area contributed by atoms with Gasteiger partial charge in [-0.1, -0.05) is 25.1 Å². The van der Waals surface area contributed by atoms with Crippen LogP contribution in [-0.2, 0) is 6.42 Å². The highest BCUT2D eigenvalue weighted by atomic mass is 16.5. The van der Waals surface area contributed by atoms with Gasteiger partial charge in [0.1, 0.15) is 23.5 Å². The molecule has 1 atom stereocenters. The van der Waals surface area contributed by atoms with Crippen LogP contribution in [0.2, 0.25) is 0 Å². The van der Waals surface area contributed by atoms with Gasteiger partial charge in [-0.15, -0.1) is 12.3 Å². The first-order valence-electron chi connectivity index (χ1n) is 7.35. The number of benzene rings is 2.